The van der Waals surface area contributed by atoms with Crippen LogP contribution in [-0.2, 0) is 17.7 Å². The molecule has 3 amide bonds. The van der Waals surface area contributed by atoms with E-state index >= 15 is 0 Å². The fourth-order valence-corrected chi connectivity index (χ4v) is 3.12. The van der Waals surface area contributed by atoms with Gasteiger partial charge in [0.2, 0.25) is 0 Å². The number of hydrogen-bond donors (Lipinski definition) is 3. The summed E-state index contributed by atoms with van der Waals surface area (Å²) in [7, 11) is 0. The molecule has 0 radical (unpaired) electrons. The standard InChI is InChI=1S/C16H21N5O3S/c1-16(2,3)24-15(23)21-7-6-10-11(9-21)19-20-13(10)18-14(22)17-12-5-4-8-25-12/h4-5,8H,6-7,9H2,1-3H3,(H3,17,18,19,20,22). The first-order valence-corrected chi connectivity index (χ1v) is 8.85. The number of anilines is 2. The smallest absolute Gasteiger partial charge is 0.410 e. The van der Waals surface area contributed by atoms with Gasteiger partial charge in [0.25, 0.3) is 0 Å². The van der Waals surface area contributed by atoms with E-state index in [1.54, 1.807) is 4.90 Å². The fourth-order valence-electron chi connectivity index (χ4n) is 2.50. The number of carbonyl (C=O) groups excluding carboxylic acids is 2. The molecule has 134 valence electrons. The van der Waals surface area contributed by atoms with Crippen LogP contribution in [0.1, 0.15) is 32.0 Å². The van der Waals surface area contributed by atoms with Crippen molar-refractivity contribution in [2.75, 3.05) is 17.2 Å². The predicted octanol–water partition coefficient (Wildman–Crippen LogP) is 3.41. The van der Waals surface area contributed by atoms with Crippen molar-refractivity contribution >= 4 is 34.3 Å². The number of nitrogens with zero attached hydrogens (tertiary/aromatic N) is 2. The van der Waals surface area contributed by atoms with Gasteiger partial charge >= 0.3 is 12.1 Å². The van der Waals surface area contributed by atoms with Crippen LogP contribution in [0.3, 0.4) is 0 Å². The van der Waals surface area contributed by atoms with Gasteiger partial charge in [0, 0.05) is 12.1 Å². The maximum atomic E-state index is 12.2. The zero-order valence-corrected chi connectivity index (χ0v) is 15.2. The summed E-state index contributed by atoms with van der Waals surface area (Å²) in [6.45, 7) is 6.41. The molecule has 0 bridgehead atoms. The number of aromatic nitrogens is 2. The largest absolute Gasteiger partial charge is 0.444 e. The van der Waals surface area contributed by atoms with Gasteiger partial charge in [-0.15, -0.1) is 11.3 Å². The van der Waals surface area contributed by atoms with Crippen molar-refractivity contribution in [2.24, 2.45) is 0 Å². The van der Waals surface area contributed by atoms with Crippen LogP contribution < -0.4 is 10.6 Å². The van der Waals surface area contributed by atoms with Gasteiger partial charge in [-0.1, -0.05) is 0 Å². The summed E-state index contributed by atoms with van der Waals surface area (Å²) in [5.74, 6) is 0.493. The third-order valence-corrected chi connectivity index (χ3v) is 4.36. The Hall–Kier alpha value is -2.55. The molecule has 2 aromatic heterocycles. The number of amides is 3. The van der Waals surface area contributed by atoms with Gasteiger partial charge < -0.3 is 9.64 Å². The van der Waals surface area contributed by atoms with E-state index in [4.69, 9.17) is 4.74 Å². The van der Waals surface area contributed by atoms with Crippen LogP contribution in [0.5, 0.6) is 0 Å². The highest BCUT2D eigenvalue weighted by Gasteiger charge is 2.28. The van der Waals surface area contributed by atoms with Crippen LogP contribution in [0.2, 0.25) is 0 Å². The molecule has 3 N–H and O–H groups in total. The van der Waals surface area contributed by atoms with Crippen LogP contribution in [0.15, 0.2) is 17.5 Å². The Labute approximate surface area is 149 Å². The number of urea groups is 1. The highest BCUT2D eigenvalue weighted by molar-refractivity contribution is 7.14. The lowest BCUT2D eigenvalue weighted by atomic mass is 10.1. The molecule has 0 fully saturated rings. The summed E-state index contributed by atoms with van der Waals surface area (Å²) in [6, 6.07) is 3.34. The van der Waals surface area contributed by atoms with Crippen molar-refractivity contribution in [1.29, 1.82) is 0 Å². The highest BCUT2D eigenvalue weighted by Crippen LogP contribution is 2.25. The Morgan fingerprint density at radius 3 is 2.84 bits per heavy atom. The molecule has 9 heteroatoms. The number of fused-ring (bicyclic) bond motifs is 1. The average Bonchev–Trinajstić information content (AvgIpc) is 3.15. The number of ether oxygens (including phenoxy) is 1. The topological polar surface area (TPSA) is 99.3 Å². The third kappa shape index (κ3) is 4.30. The van der Waals surface area contributed by atoms with E-state index < -0.39 is 5.60 Å². The van der Waals surface area contributed by atoms with E-state index in [-0.39, 0.29) is 12.1 Å². The molecule has 3 rings (SSSR count). The molecule has 1 aliphatic heterocycles. The van der Waals surface area contributed by atoms with Crippen molar-refractivity contribution in [3.63, 3.8) is 0 Å². The number of hydrogen-bond acceptors (Lipinski definition) is 5. The van der Waals surface area contributed by atoms with E-state index in [1.165, 1.54) is 11.3 Å². The Morgan fingerprint density at radius 1 is 1.36 bits per heavy atom. The molecule has 0 unspecified atom stereocenters. The van der Waals surface area contributed by atoms with E-state index in [2.05, 4.69) is 20.8 Å². The van der Waals surface area contributed by atoms with Gasteiger partial charge in [0.15, 0.2) is 5.82 Å². The lowest BCUT2D eigenvalue weighted by Crippen LogP contribution is -2.40. The van der Waals surface area contributed by atoms with Crippen LogP contribution in [-0.4, -0.2) is 39.4 Å². The Balaban J connectivity index is 1.62. The molecule has 0 spiro atoms. The number of thiophene rings is 1. The summed E-state index contributed by atoms with van der Waals surface area (Å²) < 4.78 is 5.40. The predicted molar refractivity (Wildman–Crippen MR) is 95.9 cm³/mol. The zero-order chi connectivity index (χ0) is 18.0. The van der Waals surface area contributed by atoms with Crippen LogP contribution >= 0.6 is 11.3 Å². The molecular formula is C16H21N5O3S. The van der Waals surface area contributed by atoms with Gasteiger partial charge in [-0.2, -0.15) is 5.10 Å². The minimum atomic E-state index is -0.530. The van der Waals surface area contributed by atoms with Crippen LogP contribution in [0.4, 0.5) is 20.4 Å². The molecule has 25 heavy (non-hydrogen) atoms. The summed E-state index contributed by atoms with van der Waals surface area (Å²) >= 11 is 1.44. The van der Waals surface area contributed by atoms with E-state index in [0.717, 1.165) is 16.3 Å². The summed E-state index contributed by atoms with van der Waals surface area (Å²) in [6.07, 6.45) is 0.248. The van der Waals surface area contributed by atoms with Gasteiger partial charge in [-0.3, -0.25) is 15.7 Å². The molecule has 3 heterocycles. The van der Waals surface area contributed by atoms with Crippen molar-refractivity contribution in [1.82, 2.24) is 15.1 Å². The van der Waals surface area contributed by atoms with Gasteiger partial charge in [-0.05, 0) is 44.7 Å². The van der Waals surface area contributed by atoms with E-state index in [1.807, 2.05) is 38.3 Å². The third-order valence-electron chi connectivity index (χ3n) is 3.58. The van der Waals surface area contributed by atoms with Crippen LogP contribution in [0, 0.1) is 0 Å². The zero-order valence-electron chi connectivity index (χ0n) is 14.4. The minimum Gasteiger partial charge on any atom is -0.444 e. The minimum absolute atomic E-state index is 0.341. The Bertz CT molecular complexity index is 763. The SMILES string of the molecule is CC(C)(C)OC(=O)N1CCc2c(NC(=O)Nc3cccs3)n[nH]c2C1. The lowest BCUT2D eigenvalue weighted by molar-refractivity contribution is 0.0221. The maximum absolute atomic E-state index is 12.2. The monoisotopic (exact) mass is 363 g/mol. The maximum Gasteiger partial charge on any atom is 0.410 e. The second-order valence-electron chi connectivity index (χ2n) is 6.74. The number of H-pyrrole nitrogens is 1. The second-order valence-corrected chi connectivity index (χ2v) is 7.69. The highest BCUT2D eigenvalue weighted by atomic mass is 32.1. The molecular weight excluding hydrogens is 342 g/mol. The molecule has 0 aliphatic carbocycles. The van der Waals surface area contributed by atoms with Gasteiger partial charge in [0.05, 0.1) is 17.2 Å². The molecule has 0 saturated carbocycles. The second kappa shape index (κ2) is 6.75. The number of rotatable bonds is 2. The average molecular weight is 363 g/mol. The number of aromatic amines is 1. The van der Waals surface area contributed by atoms with E-state index in [0.29, 0.717) is 25.3 Å². The summed E-state index contributed by atoms with van der Waals surface area (Å²) in [5, 5.41) is 15.2. The molecule has 8 nitrogen and oxygen atoms in total. The first-order valence-electron chi connectivity index (χ1n) is 7.97. The van der Waals surface area contributed by atoms with Crippen molar-refractivity contribution in [2.45, 2.75) is 39.3 Å². The molecule has 1 aliphatic rings. The number of nitrogens with one attached hydrogen (secondary N) is 3. The van der Waals surface area contributed by atoms with Crippen molar-refractivity contribution in [3.8, 4) is 0 Å². The first kappa shape index (κ1) is 17.3. The number of carbonyl (C=O) groups is 2. The van der Waals surface area contributed by atoms with Crippen molar-refractivity contribution in [3.05, 3.63) is 28.8 Å². The molecule has 0 aromatic carbocycles. The quantitative estimate of drug-likeness (QED) is 0.761. The van der Waals surface area contributed by atoms with E-state index in [9.17, 15) is 9.59 Å². The molecule has 0 saturated heterocycles. The summed E-state index contributed by atoms with van der Waals surface area (Å²) in [5.41, 5.74) is 1.20. The Morgan fingerprint density at radius 2 is 2.16 bits per heavy atom. The van der Waals surface area contributed by atoms with Gasteiger partial charge in [-0.25, -0.2) is 9.59 Å². The first-order chi connectivity index (χ1) is 11.8. The van der Waals surface area contributed by atoms with Gasteiger partial charge in [0.1, 0.15) is 5.60 Å². The Kier molecular flexibility index (Phi) is 4.67. The van der Waals surface area contributed by atoms with Crippen LogP contribution in [0.25, 0.3) is 0 Å². The van der Waals surface area contributed by atoms with Crippen molar-refractivity contribution < 1.29 is 14.3 Å². The molecule has 2 aromatic rings. The lowest BCUT2D eigenvalue weighted by Gasteiger charge is -2.29. The molecule has 0 atom stereocenters. The normalized spacial score (nSPS) is 14.0. The summed E-state index contributed by atoms with van der Waals surface area (Å²) in [4.78, 5) is 25.8. The fraction of sp³-hybridized carbons (Fsp3) is 0.438.